The smallest absolute Gasteiger partial charge is 0.241 e. The Morgan fingerprint density at radius 1 is 1.28 bits per heavy atom. The second-order valence-corrected chi connectivity index (χ2v) is 9.14. The van der Waals surface area contributed by atoms with Crippen molar-refractivity contribution in [3.8, 4) is 6.07 Å². The summed E-state index contributed by atoms with van der Waals surface area (Å²) in [5.74, 6) is -0.516. The number of nitriles is 1. The highest BCUT2D eigenvalue weighted by Gasteiger charge is 2.66. The second-order valence-electron chi connectivity index (χ2n) is 9.14. The summed E-state index contributed by atoms with van der Waals surface area (Å²) >= 11 is 0. The Morgan fingerprint density at radius 2 is 1.92 bits per heavy atom. The molecule has 0 aromatic heterocycles. The molecule has 138 valence electrons. The third-order valence-electron chi connectivity index (χ3n) is 7.15. The van der Waals surface area contributed by atoms with Crippen LogP contribution in [0.1, 0.15) is 54.1 Å². The zero-order valence-corrected chi connectivity index (χ0v) is 14.8. The maximum absolute atomic E-state index is 13.3. The predicted octanol–water partition coefficient (Wildman–Crippen LogP) is 0.695. The Balaban J connectivity index is 0.00000180. The number of carbonyl (C=O) groups is 1. The Bertz CT molecular complexity index is 726. The van der Waals surface area contributed by atoms with Crippen LogP contribution in [-0.4, -0.2) is 50.3 Å². The average molecular weight is 371 g/mol. The molecule has 5 saturated carbocycles. The van der Waals surface area contributed by atoms with Gasteiger partial charge in [0.25, 0.3) is 0 Å². The largest absolute Gasteiger partial charge is 0.390 e. The minimum absolute atomic E-state index is 0. The molecule has 1 aliphatic heterocycles. The van der Waals surface area contributed by atoms with E-state index in [0.717, 1.165) is 0 Å². The van der Waals surface area contributed by atoms with E-state index in [1.807, 2.05) is 0 Å². The number of hydrogen-bond acceptors (Lipinski definition) is 5. The number of nitrogens with zero attached hydrogens (tertiary/aromatic N) is 2. The van der Waals surface area contributed by atoms with Gasteiger partial charge < -0.3 is 20.8 Å². The number of hydrogen-bond donors (Lipinski definition) is 3. The van der Waals surface area contributed by atoms with Crippen molar-refractivity contribution < 1.29 is 17.7 Å². The van der Waals surface area contributed by atoms with Gasteiger partial charge in [-0.05, 0) is 56.7 Å². The maximum atomic E-state index is 13.3. The summed E-state index contributed by atoms with van der Waals surface area (Å²) < 4.78 is 16.0. The monoisotopic (exact) mass is 370 g/mol. The normalized spacial score (nSPS) is 56.2. The summed E-state index contributed by atoms with van der Waals surface area (Å²) in [4.78, 5) is 14.7. The molecule has 25 heavy (non-hydrogen) atoms. The standard InChI is InChI=1S/C18H25N3O3.ClH/c19-6-12-1-11-2-13(11)21(12)15(22)14(20)16-3-10-4-17(23,7-16)9-18(24,5-10)8-16;/h10-14,23-24H,1-5,7-9,20H2;1H/t10?,11-,12+,13+,14-,16?,17?,18?;/m1./s1/i2+1D2;. The van der Waals surface area contributed by atoms with Crippen LogP contribution < -0.4 is 5.73 Å². The first-order chi connectivity index (χ1) is 12.0. The summed E-state index contributed by atoms with van der Waals surface area (Å²) in [7, 11) is 0. The minimum Gasteiger partial charge on any atom is -0.390 e. The van der Waals surface area contributed by atoms with Gasteiger partial charge in [0.15, 0.2) is 0 Å². The van der Waals surface area contributed by atoms with Crippen LogP contribution in [0.15, 0.2) is 0 Å². The van der Waals surface area contributed by atoms with Gasteiger partial charge in [0, 0.05) is 20.6 Å². The van der Waals surface area contributed by atoms with Gasteiger partial charge in [-0.2, -0.15) is 5.26 Å². The fourth-order valence-corrected chi connectivity index (χ4v) is 6.77. The first-order valence-corrected chi connectivity index (χ1v) is 8.95. The SMILES string of the molecule is Cl.[2H][13C]1([2H])[C@H]2C[C@@H](C#N)N(C(=O)[C@@H](N)C34CC5CC(O)(CC(O)(C5)C3)C4)[C@H]21. The molecule has 1 heterocycles. The average Bonchev–Trinajstić information content (AvgIpc) is 2.88. The molecule has 0 aromatic rings. The molecule has 1 saturated heterocycles. The number of likely N-dealkylation sites (tertiary alicyclic amines) is 1. The van der Waals surface area contributed by atoms with Crippen LogP contribution in [0.3, 0.4) is 0 Å². The highest BCUT2D eigenvalue weighted by Crippen LogP contribution is 2.64. The Kier molecular flexibility index (Phi) is 3.10. The van der Waals surface area contributed by atoms with Gasteiger partial charge in [-0.25, -0.2) is 0 Å². The van der Waals surface area contributed by atoms with E-state index in [9.17, 15) is 20.3 Å². The van der Waals surface area contributed by atoms with Crippen molar-refractivity contribution in [2.75, 3.05) is 0 Å². The highest BCUT2D eigenvalue weighted by molar-refractivity contribution is 5.85. The van der Waals surface area contributed by atoms with Crippen molar-refractivity contribution in [2.45, 2.75) is 80.6 Å². The van der Waals surface area contributed by atoms with Crippen LogP contribution in [0.4, 0.5) is 0 Å². The summed E-state index contributed by atoms with van der Waals surface area (Å²) in [6.45, 7) is 0. The molecule has 4 N–H and O–H groups in total. The third kappa shape index (κ3) is 2.36. The zero-order valence-electron chi connectivity index (χ0n) is 16.0. The number of amides is 1. The van der Waals surface area contributed by atoms with E-state index in [1.165, 1.54) is 4.90 Å². The van der Waals surface area contributed by atoms with Gasteiger partial charge in [-0.15, -0.1) is 12.4 Å². The summed E-state index contributed by atoms with van der Waals surface area (Å²) in [5, 5.41) is 31.2. The van der Waals surface area contributed by atoms with Gasteiger partial charge in [0.05, 0.1) is 23.3 Å². The van der Waals surface area contributed by atoms with Crippen molar-refractivity contribution in [1.82, 2.24) is 4.90 Å². The minimum atomic E-state index is -1.44. The first-order valence-electron chi connectivity index (χ1n) is 9.95. The van der Waals surface area contributed by atoms with E-state index in [1.54, 1.807) is 0 Å². The van der Waals surface area contributed by atoms with E-state index >= 15 is 0 Å². The molecule has 6 nitrogen and oxygen atoms in total. The van der Waals surface area contributed by atoms with Gasteiger partial charge in [0.1, 0.15) is 6.04 Å². The van der Waals surface area contributed by atoms with E-state index in [2.05, 4.69) is 6.07 Å². The van der Waals surface area contributed by atoms with E-state index in [4.69, 9.17) is 8.48 Å². The van der Waals surface area contributed by atoms with E-state index in [-0.39, 0.29) is 30.2 Å². The van der Waals surface area contributed by atoms with Crippen molar-refractivity contribution in [3.05, 3.63) is 0 Å². The molecule has 0 radical (unpaired) electrons. The van der Waals surface area contributed by atoms with Crippen molar-refractivity contribution in [3.63, 3.8) is 0 Å². The molecule has 6 aliphatic rings. The predicted molar refractivity (Wildman–Crippen MR) is 91.5 cm³/mol. The lowest BCUT2D eigenvalue weighted by atomic mass is 9.44. The number of piperidine rings is 1. The van der Waals surface area contributed by atoms with Crippen LogP contribution in [0.2, 0.25) is 0 Å². The Hall–Kier alpha value is -0.870. The van der Waals surface area contributed by atoms with Gasteiger partial charge in [-0.1, -0.05) is 0 Å². The van der Waals surface area contributed by atoms with E-state index < -0.39 is 41.1 Å². The number of halogens is 1. The lowest BCUT2D eigenvalue weighted by Crippen LogP contribution is -2.69. The molecule has 0 spiro atoms. The molecule has 2 unspecified atom stereocenters. The number of nitrogens with two attached hydrogens (primary N) is 1. The Morgan fingerprint density at radius 3 is 2.48 bits per heavy atom. The van der Waals surface area contributed by atoms with Crippen LogP contribution >= 0.6 is 12.4 Å². The molecular weight excluding hydrogens is 343 g/mol. The van der Waals surface area contributed by atoms with Crippen LogP contribution in [0.5, 0.6) is 0 Å². The molecule has 5 aliphatic carbocycles. The summed E-state index contributed by atoms with van der Waals surface area (Å²) in [6, 6.07) is 0.00381. The fourth-order valence-electron chi connectivity index (χ4n) is 6.77. The van der Waals surface area contributed by atoms with Crippen molar-refractivity contribution >= 4 is 18.3 Å². The molecule has 6 rings (SSSR count). The molecule has 7 heteroatoms. The molecule has 6 atom stereocenters. The summed E-state index contributed by atoms with van der Waals surface area (Å²) in [5.41, 5.74) is 3.85. The first kappa shape index (κ1) is 15.2. The lowest BCUT2D eigenvalue weighted by Gasteiger charge is -2.64. The summed E-state index contributed by atoms with van der Waals surface area (Å²) in [6.07, 6.45) is 2.06. The number of fused-ring (bicyclic) bond motifs is 1. The third-order valence-corrected chi connectivity index (χ3v) is 7.15. The molecule has 1 amide bonds. The van der Waals surface area contributed by atoms with Crippen molar-refractivity contribution in [1.29, 1.82) is 5.26 Å². The number of carbonyl (C=O) groups excluding carboxylic acids is 1. The number of aliphatic hydroxyl groups is 2. The zero-order chi connectivity index (χ0) is 18.7. The van der Waals surface area contributed by atoms with Crippen LogP contribution in [0.25, 0.3) is 0 Å². The molecule has 0 aromatic carbocycles. The van der Waals surface area contributed by atoms with E-state index in [0.29, 0.717) is 44.9 Å². The van der Waals surface area contributed by atoms with Gasteiger partial charge in [0.2, 0.25) is 5.91 Å². The van der Waals surface area contributed by atoms with Crippen LogP contribution in [0, 0.1) is 28.6 Å². The van der Waals surface area contributed by atoms with Crippen molar-refractivity contribution in [2.24, 2.45) is 23.0 Å². The second kappa shape index (κ2) is 5.10. The molecule has 4 bridgehead atoms. The molecule has 6 fully saturated rings. The molecular formula is C18H26ClN3O3. The van der Waals surface area contributed by atoms with Gasteiger partial charge >= 0.3 is 0 Å². The Labute approximate surface area is 156 Å². The topological polar surface area (TPSA) is 111 Å². The fraction of sp³-hybridized carbons (Fsp3) is 0.889. The van der Waals surface area contributed by atoms with Gasteiger partial charge in [-0.3, -0.25) is 4.79 Å². The highest BCUT2D eigenvalue weighted by atomic mass is 35.5. The number of rotatable bonds is 2. The lowest BCUT2D eigenvalue weighted by molar-refractivity contribution is -0.234. The quantitative estimate of drug-likeness (QED) is 0.619. The van der Waals surface area contributed by atoms with Crippen LogP contribution in [-0.2, 0) is 4.79 Å². The maximum Gasteiger partial charge on any atom is 0.241 e.